The molecule has 1 aromatic carbocycles. The SMILES string of the molecule is COC(=O)/C(Br)=C/c1cc(OC)c(OC)cc1[N+](=O)[O-]. The molecule has 0 saturated heterocycles. The van der Waals surface area contributed by atoms with Crippen LogP contribution in [0.15, 0.2) is 16.6 Å². The summed E-state index contributed by atoms with van der Waals surface area (Å²) < 4.78 is 14.6. The largest absolute Gasteiger partial charge is 0.493 e. The van der Waals surface area contributed by atoms with E-state index in [9.17, 15) is 14.9 Å². The van der Waals surface area contributed by atoms with Crippen LogP contribution in [-0.2, 0) is 9.53 Å². The first-order chi connectivity index (χ1) is 9.44. The van der Waals surface area contributed by atoms with E-state index in [2.05, 4.69) is 20.7 Å². The normalized spacial score (nSPS) is 10.9. The highest BCUT2D eigenvalue weighted by atomic mass is 79.9. The number of esters is 1. The van der Waals surface area contributed by atoms with Crippen LogP contribution in [0.5, 0.6) is 11.5 Å². The predicted octanol–water partition coefficient (Wildman–Crippen LogP) is 2.52. The molecule has 0 fully saturated rings. The standard InChI is InChI=1S/C12H12BrNO6/c1-18-10-5-7(4-8(13)12(15)20-3)9(14(16)17)6-11(10)19-2/h4-6H,1-3H3/b8-4-. The van der Waals surface area contributed by atoms with Gasteiger partial charge in [0.2, 0.25) is 0 Å². The van der Waals surface area contributed by atoms with Gasteiger partial charge < -0.3 is 14.2 Å². The number of nitro benzene ring substituents is 1. The van der Waals surface area contributed by atoms with Crippen molar-refractivity contribution >= 4 is 33.7 Å². The van der Waals surface area contributed by atoms with Gasteiger partial charge in [-0.3, -0.25) is 10.1 Å². The van der Waals surface area contributed by atoms with Crippen LogP contribution in [0.3, 0.4) is 0 Å². The molecule has 0 radical (unpaired) electrons. The van der Waals surface area contributed by atoms with Crippen molar-refractivity contribution in [1.82, 2.24) is 0 Å². The number of carbonyl (C=O) groups excluding carboxylic acids is 1. The molecule has 8 heteroatoms. The minimum Gasteiger partial charge on any atom is -0.493 e. The first kappa shape index (κ1) is 16.0. The minimum absolute atomic E-state index is 0.0512. The lowest BCUT2D eigenvalue weighted by Crippen LogP contribution is -2.00. The molecule has 0 N–H and O–H groups in total. The Morgan fingerprint density at radius 2 is 1.80 bits per heavy atom. The summed E-state index contributed by atoms with van der Waals surface area (Å²) >= 11 is 3.00. The number of ether oxygens (including phenoxy) is 3. The van der Waals surface area contributed by atoms with E-state index in [0.717, 1.165) is 0 Å². The van der Waals surface area contributed by atoms with Gasteiger partial charge >= 0.3 is 5.97 Å². The lowest BCUT2D eigenvalue weighted by molar-refractivity contribution is -0.385. The average Bonchev–Trinajstić information content (AvgIpc) is 2.45. The van der Waals surface area contributed by atoms with Crippen molar-refractivity contribution in [2.75, 3.05) is 21.3 Å². The van der Waals surface area contributed by atoms with Gasteiger partial charge in [-0.1, -0.05) is 0 Å². The summed E-state index contributed by atoms with van der Waals surface area (Å²) in [5, 5.41) is 11.1. The second kappa shape index (κ2) is 6.90. The van der Waals surface area contributed by atoms with Crippen molar-refractivity contribution in [1.29, 1.82) is 0 Å². The molecule has 0 heterocycles. The lowest BCUT2D eigenvalue weighted by atomic mass is 10.1. The van der Waals surface area contributed by atoms with Gasteiger partial charge in [-0.25, -0.2) is 4.79 Å². The molecule has 0 aromatic heterocycles. The highest BCUT2D eigenvalue weighted by molar-refractivity contribution is 9.12. The zero-order valence-corrected chi connectivity index (χ0v) is 12.6. The fourth-order valence-electron chi connectivity index (χ4n) is 1.45. The predicted molar refractivity (Wildman–Crippen MR) is 75.1 cm³/mol. The Morgan fingerprint density at radius 1 is 1.25 bits per heavy atom. The van der Waals surface area contributed by atoms with Crippen LogP contribution in [0.25, 0.3) is 6.08 Å². The molecule has 0 spiro atoms. The summed E-state index contributed by atoms with van der Waals surface area (Å²) in [7, 11) is 3.99. The highest BCUT2D eigenvalue weighted by Crippen LogP contribution is 2.35. The van der Waals surface area contributed by atoms with E-state index in [-0.39, 0.29) is 21.5 Å². The second-order valence-electron chi connectivity index (χ2n) is 3.51. The second-order valence-corrected chi connectivity index (χ2v) is 4.36. The van der Waals surface area contributed by atoms with Gasteiger partial charge in [-0.15, -0.1) is 0 Å². The Labute approximate surface area is 123 Å². The molecular weight excluding hydrogens is 334 g/mol. The topological polar surface area (TPSA) is 87.9 Å². The summed E-state index contributed by atoms with van der Waals surface area (Å²) in [5.74, 6) is -0.103. The number of hydrogen-bond acceptors (Lipinski definition) is 6. The van der Waals surface area contributed by atoms with Crippen LogP contribution in [0.4, 0.5) is 5.69 Å². The maximum Gasteiger partial charge on any atom is 0.344 e. The molecule has 0 aliphatic carbocycles. The van der Waals surface area contributed by atoms with Gasteiger partial charge in [0.15, 0.2) is 11.5 Å². The number of rotatable bonds is 5. The zero-order chi connectivity index (χ0) is 15.3. The number of nitrogens with zero attached hydrogens (tertiary/aromatic N) is 1. The number of carbonyl (C=O) groups is 1. The molecule has 0 amide bonds. The zero-order valence-electron chi connectivity index (χ0n) is 11.0. The van der Waals surface area contributed by atoms with Crippen molar-refractivity contribution in [3.05, 3.63) is 32.3 Å². The maximum absolute atomic E-state index is 11.3. The number of benzene rings is 1. The summed E-state index contributed by atoms with van der Waals surface area (Å²) in [6.07, 6.45) is 1.28. The van der Waals surface area contributed by atoms with Gasteiger partial charge in [0, 0.05) is 0 Å². The Morgan fingerprint density at radius 3 is 2.25 bits per heavy atom. The molecule has 0 bridgehead atoms. The van der Waals surface area contributed by atoms with Gasteiger partial charge in [0.1, 0.15) is 4.48 Å². The molecule has 1 rings (SSSR count). The van der Waals surface area contributed by atoms with Crippen molar-refractivity contribution in [2.24, 2.45) is 0 Å². The summed E-state index contributed by atoms with van der Waals surface area (Å²) in [5.41, 5.74) is -0.0339. The summed E-state index contributed by atoms with van der Waals surface area (Å²) in [4.78, 5) is 21.8. The van der Waals surface area contributed by atoms with Crippen LogP contribution < -0.4 is 9.47 Å². The Balaban J connectivity index is 3.44. The molecule has 7 nitrogen and oxygen atoms in total. The van der Waals surface area contributed by atoms with Crippen LogP contribution in [-0.4, -0.2) is 32.2 Å². The van der Waals surface area contributed by atoms with Crippen LogP contribution in [0.1, 0.15) is 5.56 Å². The van der Waals surface area contributed by atoms with Crippen molar-refractivity contribution in [3.8, 4) is 11.5 Å². The minimum atomic E-state index is -0.644. The fraction of sp³-hybridized carbons (Fsp3) is 0.250. The Kier molecular flexibility index (Phi) is 5.51. The van der Waals surface area contributed by atoms with Crippen molar-refractivity contribution in [2.45, 2.75) is 0 Å². The molecular formula is C12H12BrNO6. The molecule has 108 valence electrons. The van der Waals surface area contributed by atoms with Crippen LogP contribution in [0, 0.1) is 10.1 Å². The van der Waals surface area contributed by atoms with E-state index in [4.69, 9.17) is 9.47 Å². The third-order valence-electron chi connectivity index (χ3n) is 2.39. The third-order valence-corrected chi connectivity index (χ3v) is 2.94. The van der Waals surface area contributed by atoms with E-state index < -0.39 is 10.9 Å². The fourth-order valence-corrected chi connectivity index (χ4v) is 1.86. The van der Waals surface area contributed by atoms with Gasteiger partial charge in [-0.2, -0.15) is 0 Å². The monoisotopic (exact) mass is 345 g/mol. The van der Waals surface area contributed by atoms with Crippen molar-refractivity contribution < 1.29 is 23.9 Å². The van der Waals surface area contributed by atoms with E-state index in [1.54, 1.807) is 0 Å². The molecule has 0 aliphatic rings. The summed E-state index contributed by atoms with van der Waals surface area (Å²) in [6, 6.07) is 2.63. The smallest absolute Gasteiger partial charge is 0.344 e. The van der Waals surface area contributed by atoms with E-state index in [1.165, 1.54) is 39.5 Å². The molecule has 0 aliphatic heterocycles. The first-order valence-electron chi connectivity index (χ1n) is 5.30. The van der Waals surface area contributed by atoms with Crippen molar-refractivity contribution in [3.63, 3.8) is 0 Å². The van der Waals surface area contributed by atoms with Gasteiger partial charge in [-0.05, 0) is 28.1 Å². The molecule has 20 heavy (non-hydrogen) atoms. The first-order valence-corrected chi connectivity index (χ1v) is 6.09. The van der Waals surface area contributed by atoms with E-state index >= 15 is 0 Å². The Hall–Kier alpha value is -2.09. The molecule has 1 aromatic rings. The number of nitro groups is 1. The number of methoxy groups -OCH3 is 3. The number of hydrogen-bond donors (Lipinski definition) is 0. The van der Waals surface area contributed by atoms with Gasteiger partial charge in [0.25, 0.3) is 5.69 Å². The molecule has 0 unspecified atom stereocenters. The van der Waals surface area contributed by atoms with E-state index in [0.29, 0.717) is 5.75 Å². The Bertz CT molecular complexity index is 569. The molecule has 0 atom stereocenters. The third kappa shape index (κ3) is 3.47. The summed E-state index contributed by atoms with van der Waals surface area (Å²) in [6.45, 7) is 0. The van der Waals surface area contributed by atoms with Gasteiger partial charge in [0.05, 0.1) is 37.9 Å². The molecule has 0 saturated carbocycles. The van der Waals surface area contributed by atoms with Crippen LogP contribution in [0.2, 0.25) is 0 Å². The lowest BCUT2D eigenvalue weighted by Gasteiger charge is -2.09. The van der Waals surface area contributed by atoms with E-state index in [1.807, 2.05) is 0 Å². The maximum atomic E-state index is 11.3. The quantitative estimate of drug-likeness (QED) is 0.352. The highest BCUT2D eigenvalue weighted by Gasteiger charge is 2.19. The number of halogens is 1. The average molecular weight is 346 g/mol. The van der Waals surface area contributed by atoms with Crippen LogP contribution >= 0.6 is 15.9 Å².